The van der Waals surface area contributed by atoms with Gasteiger partial charge in [0.1, 0.15) is 6.17 Å². The average molecular weight is 200 g/mol. The van der Waals surface area contributed by atoms with Crippen LogP contribution in [0.1, 0.15) is 32.6 Å². The topological polar surface area (TPSA) is 15.3 Å². The van der Waals surface area contributed by atoms with Crippen molar-refractivity contribution in [3.05, 3.63) is 0 Å². The lowest BCUT2D eigenvalue weighted by Crippen LogP contribution is -2.42. The smallest absolute Gasteiger partial charge is 0.115 e. The average Bonchev–Trinajstić information content (AvgIpc) is 2.63. The Balaban J connectivity index is 1.81. The van der Waals surface area contributed by atoms with E-state index in [0.29, 0.717) is 12.1 Å². The minimum Gasteiger partial charge on any atom is -0.307 e. The van der Waals surface area contributed by atoms with E-state index in [1.807, 2.05) is 0 Å². The van der Waals surface area contributed by atoms with Crippen LogP contribution in [0.2, 0.25) is 0 Å². The summed E-state index contributed by atoms with van der Waals surface area (Å²) in [5.41, 5.74) is 0. The lowest BCUT2D eigenvalue weighted by Gasteiger charge is -2.20. The zero-order valence-electron chi connectivity index (χ0n) is 9.17. The molecule has 1 saturated heterocycles. The van der Waals surface area contributed by atoms with Crippen LogP contribution in [0.25, 0.3) is 0 Å². The number of nitrogens with one attached hydrogen (secondary N) is 1. The largest absolute Gasteiger partial charge is 0.307 e. The maximum atomic E-state index is 13.4. The van der Waals surface area contributed by atoms with E-state index in [1.54, 1.807) is 0 Å². The fourth-order valence-electron chi connectivity index (χ4n) is 2.72. The first-order chi connectivity index (χ1) is 6.66. The summed E-state index contributed by atoms with van der Waals surface area (Å²) in [5, 5.41) is 3.47. The maximum Gasteiger partial charge on any atom is 0.115 e. The van der Waals surface area contributed by atoms with Crippen molar-refractivity contribution in [2.24, 2.45) is 0 Å². The van der Waals surface area contributed by atoms with Gasteiger partial charge in [-0.2, -0.15) is 0 Å². The van der Waals surface area contributed by atoms with Crippen LogP contribution in [0.5, 0.6) is 0 Å². The Kier molecular flexibility index (Phi) is 3.07. The third kappa shape index (κ3) is 2.09. The fraction of sp³-hybridized carbons (Fsp3) is 1.00. The zero-order valence-corrected chi connectivity index (χ0v) is 9.17. The third-order valence-corrected chi connectivity index (χ3v) is 3.77. The fourth-order valence-corrected chi connectivity index (χ4v) is 2.72. The minimum atomic E-state index is -0.601. The monoisotopic (exact) mass is 200 g/mol. The molecule has 82 valence electrons. The molecule has 0 radical (unpaired) electrons. The molecular weight excluding hydrogens is 179 g/mol. The van der Waals surface area contributed by atoms with Gasteiger partial charge in [-0.05, 0) is 39.7 Å². The highest BCUT2D eigenvalue weighted by atomic mass is 19.1. The Morgan fingerprint density at radius 1 is 1.36 bits per heavy atom. The van der Waals surface area contributed by atoms with Crippen LogP contribution in [-0.2, 0) is 0 Å². The molecule has 0 bridgehead atoms. The molecule has 4 atom stereocenters. The highest BCUT2D eigenvalue weighted by molar-refractivity contribution is 4.91. The molecule has 0 amide bonds. The predicted octanol–water partition coefficient (Wildman–Crippen LogP) is 1.56. The molecule has 2 nitrogen and oxygen atoms in total. The van der Waals surface area contributed by atoms with Crippen molar-refractivity contribution in [1.82, 2.24) is 10.2 Å². The quantitative estimate of drug-likeness (QED) is 0.727. The van der Waals surface area contributed by atoms with Crippen molar-refractivity contribution in [3.8, 4) is 0 Å². The summed E-state index contributed by atoms with van der Waals surface area (Å²) in [4.78, 5) is 2.35. The molecule has 1 N–H and O–H groups in total. The number of alkyl halides is 1. The van der Waals surface area contributed by atoms with Crippen LogP contribution in [-0.4, -0.2) is 42.8 Å². The van der Waals surface area contributed by atoms with E-state index in [9.17, 15) is 4.39 Å². The second-order valence-corrected chi connectivity index (χ2v) is 4.94. The first kappa shape index (κ1) is 10.4. The van der Waals surface area contributed by atoms with Crippen LogP contribution in [0.3, 0.4) is 0 Å². The standard InChI is InChI=1S/C11H21FN2/c1-8-6-9(7-14(8)2)13-11-5-3-4-10(11)12/h8-11,13H,3-7H2,1-2H3/t8?,9?,10-,11+/m1/s1. The van der Waals surface area contributed by atoms with E-state index in [0.717, 1.165) is 25.8 Å². The Labute approximate surface area is 85.9 Å². The van der Waals surface area contributed by atoms with Gasteiger partial charge < -0.3 is 10.2 Å². The first-order valence-electron chi connectivity index (χ1n) is 5.77. The lowest BCUT2D eigenvalue weighted by molar-refractivity contribution is 0.261. The molecule has 3 heteroatoms. The number of nitrogens with zero attached hydrogens (tertiary/aromatic N) is 1. The lowest BCUT2D eigenvalue weighted by atomic mass is 10.1. The second kappa shape index (κ2) is 4.15. The number of hydrogen-bond donors (Lipinski definition) is 1. The van der Waals surface area contributed by atoms with Crippen LogP contribution in [0, 0.1) is 0 Å². The van der Waals surface area contributed by atoms with Crippen LogP contribution in [0.4, 0.5) is 4.39 Å². The summed E-state index contributed by atoms with van der Waals surface area (Å²) in [6.07, 6.45) is 3.40. The molecule has 0 aromatic heterocycles. The number of halogens is 1. The summed E-state index contributed by atoms with van der Waals surface area (Å²) >= 11 is 0. The van der Waals surface area contributed by atoms with E-state index >= 15 is 0 Å². The highest BCUT2D eigenvalue weighted by Gasteiger charge is 2.32. The van der Waals surface area contributed by atoms with Gasteiger partial charge in [-0.3, -0.25) is 0 Å². The van der Waals surface area contributed by atoms with Gasteiger partial charge in [-0.15, -0.1) is 0 Å². The molecule has 0 aromatic carbocycles. The van der Waals surface area contributed by atoms with Gasteiger partial charge in [0.25, 0.3) is 0 Å². The Morgan fingerprint density at radius 3 is 2.64 bits per heavy atom. The normalized spacial score (nSPS) is 44.8. The SMILES string of the molecule is CC1CC(N[C@H]2CCC[C@H]2F)CN1C. The number of likely N-dealkylation sites (N-methyl/N-ethyl adjacent to an activating group) is 1. The van der Waals surface area contributed by atoms with E-state index in [-0.39, 0.29) is 6.04 Å². The zero-order chi connectivity index (χ0) is 10.1. The summed E-state index contributed by atoms with van der Waals surface area (Å²) < 4.78 is 13.4. The van der Waals surface area contributed by atoms with E-state index < -0.39 is 6.17 Å². The van der Waals surface area contributed by atoms with E-state index in [2.05, 4.69) is 24.2 Å². The number of rotatable bonds is 2. The molecule has 1 aliphatic heterocycles. The van der Waals surface area contributed by atoms with Gasteiger partial charge in [0.2, 0.25) is 0 Å². The van der Waals surface area contributed by atoms with Crippen LogP contribution < -0.4 is 5.32 Å². The van der Waals surface area contributed by atoms with Gasteiger partial charge >= 0.3 is 0 Å². The van der Waals surface area contributed by atoms with Crippen molar-refractivity contribution >= 4 is 0 Å². The molecule has 1 heterocycles. The van der Waals surface area contributed by atoms with E-state index in [1.165, 1.54) is 6.42 Å². The van der Waals surface area contributed by atoms with Crippen molar-refractivity contribution in [2.75, 3.05) is 13.6 Å². The summed E-state index contributed by atoms with van der Waals surface area (Å²) in [6, 6.07) is 1.29. The molecule has 2 aliphatic rings. The summed E-state index contributed by atoms with van der Waals surface area (Å²) in [5.74, 6) is 0. The molecule has 2 fully saturated rings. The summed E-state index contributed by atoms with van der Waals surface area (Å²) in [7, 11) is 2.15. The molecule has 2 rings (SSSR count). The highest BCUT2D eigenvalue weighted by Crippen LogP contribution is 2.24. The predicted molar refractivity (Wildman–Crippen MR) is 56.2 cm³/mol. The molecule has 0 spiro atoms. The van der Waals surface area contributed by atoms with Crippen LogP contribution in [0.15, 0.2) is 0 Å². The third-order valence-electron chi connectivity index (χ3n) is 3.77. The maximum absolute atomic E-state index is 13.4. The van der Waals surface area contributed by atoms with Gasteiger partial charge in [-0.25, -0.2) is 4.39 Å². The van der Waals surface area contributed by atoms with Gasteiger partial charge in [0.05, 0.1) is 0 Å². The molecule has 2 unspecified atom stereocenters. The molecule has 1 aliphatic carbocycles. The van der Waals surface area contributed by atoms with Gasteiger partial charge in [0.15, 0.2) is 0 Å². The first-order valence-corrected chi connectivity index (χ1v) is 5.77. The molecule has 0 aromatic rings. The van der Waals surface area contributed by atoms with E-state index in [4.69, 9.17) is 0 Å². The van der Waals surface area contributed by atoms with Crippen molar-refractivity contribution in [2.45, 2.75) is 56.9 Å². The van der Waals surface area contributed by atoms with Crippen molar-refractivity contribution in [1.29, 1.82) is 0 Å². The Hall–Kier alpha value is -0.150. The second-order valence-electron chi connectivity index (χ2n) is 4.94. The number of likely N-dealkylation sites (tertiary alicyclic amines) is 1. The summed E-state index contributed by atoms with van der Waals surface area (Å²) in [6.45, 7) is 3.31. The van der Waals surface area contributed by atoms with Crippen LogP contribution >= 0.6 is 0 Å². The van der Waals surface area contributed by atoms with Crippen molar-refractivity contribution < 1.29 is 4.39 Å². The van der Waals surface area contributed by atoms with Crippen molar-refractivity contribution in [3.63, 3.8) is 0 Å². The molecule has 14 heavy (non-hydrogen) atoms. The van der Waals surface area contributed by atoms with Gasteiger partial charge in [0, 0.05) is 24.7 Å². The molecular formula is C11H21FN2. The van der Waals surface area contributed by atoms with Gasteiger partial charge in [-0.1, -0.05) is 0 Å². The Morgan fingerprint density at radius 2 is 2.14 bits per heavy atom. The Bertz CT molecular complexity index is 188. The molecule has 1 saturated carbocycles. The number of hydrogen-bond acceptors (Lipinski definition) is 2. The minimum absolute atomic E-state index is 0.138.